The first-order chi connectivity index (χ1) is 8.66. The van der Waals surface area contributed by atoms with Crippen LogP contribution in [0.2, 0.25) is 0 Å². The molecular formula is C15H11BrF2. The number of halogens is 3. The van der Waals surface area contributed by atoms with E-state index in [1.54, 1.807) is 0 Å². The first-order valence-corrected chi connectivity index (χ1v) is 6.75. The molecule has 2 aromatic carbocycles. The number of hydrogen-bond acceptors (Lipinski definition) is 0. The molecule has 0 fully saturated rings. The molecule has 0 bridgehead atoms. The Bertz CT molecular complexity index is 595. The van der Waals surface area contributed by atoms with Gasteiger partial charge in [-0.05, 0) is 23.6 Å². The number of hydrogen-bond donors (Lipinski definition) is 0. The molecule has 2 unspecified atom stereocenters. The van der Waals surface area contributed by atoms with Crippen LogP contribution < -0.4 is 0 Å². The molecule has 0 radical (unpaired) electrons. The maximum absolute atomic E-state index is 13.7. The summed E-state index contributed by atoms with van der Waals surface area (Å²) < 4.78 is 26.6. The van der Waals surface area contributed by atoms with E-state index in [9.17, 15) is 8.78 Å². The van der Waals surface area contributed by atoms with Crippen LogP contribution in [-0.2, 0) is 6.42 Å². The van der Waals surface area contributed by atoms with Crippen LogP contribution in [0.4, 0.5) is 8.78 Å². The fourth-order valence-corrected chi connectivity index (χ4v) is 3.34. The summed E-state index contributed by atoms with van der Waals surface area (Å²) in [5, 5.41) is 0. The topological polar surface area (TPSA) is 0 Å². The minimum absolute atomic E-state index is 0.104. The number of benzene rings is 2. The zero-order valence-electron chi connectivity index (χ0n) is 9.54. The molecule has 0 nitrogen and oxygen atoms in total. The van der Waals surface area contributed by atoms with Crippen LogP contribution in [0.25, 0.3) is 0 Å². The minimum atomic E-state index is -0.537. The lowest BCUT2D eigenvalue weighted by Gasteiger charge is -2.34. The summed E-state index contributed by atoms with van der Waals surface area (Å²) in [6.07, 6.45) is 0.933. The molecule has 3 heteroatoms. The summed E-state index contributed by atoms with van der Waals surface area (Å²) in [4.78, 5) is -0.104. The van der Waals surface area contributed by atoms with Gasteiger partial charge < -0.3 is 0 Å². The molecule has 0 spiro atoms. The highest BCUT2D eigenvalue weighted by Crippen LogP contribution is 2.48. The second-order valence-electron chi connectivity index (χ2n) is 4.58. The Labute approximate surface area is 113 Å². The average molecular weight is 309 g/mol. The van der Waals surface area contributed by atoms with Gasteiger partial charge in [0.05, 0.1) is 0 Å². The number of alkyl halides is 1. The Kier molecular flexibility index (Phi) is 2.94. The second-order valence-corrected chi connectivity index (χ2v) is 5.56. The second kappa shape index (κ2) is 4.47. The zero-order valence-corrected chi connectivity index (χ0v) is 11.1. The lowest BCUT2D eigenvalue weighted by Crippen LogP contribution is -2.21. The van der Waals surface area contributed by atoms with Crippen molar-refractivity contribution in [3.8, 4) is 0 Å². The fourth-order valence-electron chi connectivity index (χ4n) is 2.50. The molecule has 2 aromatic rings. The third-order valence-electron chi connectivity index (χ3n) is 3.51. The summed E-state index contributed by atoms with van der Waals surface area (Å²) in [7, 11) is 0. The van der Waals surface area contributed by atoms with Gasteiger partial charge in [0, 0.05) is 22.4 Å². The third kappa shape index (κ3) is 1.87. The Balaban J connectivity index is 1.91. The molecule has 0 heterocycles. The van der Waals surface area contributed by atoms with Crippen LogP contribution in [-0.4, -0.2) is 0 Å². The molecule has 0 saturated carbocycles. The van der Waals surface area contributed by atoms with Crippen molar-refractivity contribution in [2.75, 3.05) is 0 Å². The van der Waals surface area contributed by atoms with Crippen molar-refractivity contribution >= 4 is 15.9 Å². The van der Waals surface area contributed by atoms with Crippen molar-refractivity contribution in [2.45, 2.75) is 17.2 Å². The van der Waals surface area contributed by atoms with Gasteiger partial charge in [-0.15, -0.1) is 0 Å². The van der Waals surface area contributed by atoms with E-state index in [0.717, 1.165) is 12.5 Å². The van der Waals surface area contributed by atoms with Crippen LogP contribution in [0.3, 0.4) is 0 Å². The summed E-state index contributed by atoms with van der Waals surface area (Å²) in [5.41, 5.74) is 3.09. The largest absolute Gasteiger partial charge is 0.207 e. The van der Waals surface area contributed by atoms with Gasteiger partial charge >= 0.3 is 0 Å². The summed E-state index contributed by atoms with van der Waals surface area (Å²) in [5.74, 6) is -0.757. The summed E-state index contributed by atoms with van der Waals surface area (Å²) >= 11 is 3.55. The molecule has 18 heavy (non-hydrogen) atoms. The van der Waals surface area contributed by atoms with Crippen molar-refractivity contribution in [3.05, 3.63) is 70.8 Å². The predicted molar refractivity (Wildman–Crippen MR) is 70.9 cm³/mol. The maximum Gasteiger partial charge on any atom is 0.130 e. The van der Waals surface area contributed by atoms with Crippen LogP contribution in [0.5, 0.6) is 0 Å². The maximum atomic E-state index is 13.7. The Morgan fingerprint density at radius 3 is 2.61 bits per heavy atom. The van der Waals surface area contributed by atoms with E-state index in [1.807, 2.05) is 12.1 Å². The first kappa shape index (κ1) is 11.8. The van der Waals surface area contributed by atoms with E-state index in [0.29, 0.717) is 5.56 Å². The Morgan fingerprint density at radius 2 is 1.89 bits per heavy atom. The Morgan fingerprint density at radius 1 is 1.11 bits per heavy atom. The molecule has 2 atom stereocenters. The Hall–Kier alpha value is -1.22. The fraction of sp³-hybridized carbons (Fsp3) is 0.200. The normalized spacial score (nSPS) is 18.9. The number of fused-ring (bicyclic) bond motifs is 1. The van der Waals surface area contributed by atoms with Gasteiger partial charge in [0.2, 0.25) is 0 Å². The third-order valence-corrected chi connectivity index (χ3v) is 4.64. The highest BCUT2D eigenvalue weighted by atomic mass is 79.9. The van der Waals surface area contributed by atoms with Crippen molar-refractivity contribution in [2.24, 2.45) is 0 Å². The quantitative estimate of drug-likeness (QED) is 0.703. The molecule has 3 rings (SSSR count). The van der Waals surface area contributed by atoms with Crippen molar-refractivity contribution in [1.82, 2.24) is 0 Å². The van der Waals surface area contributed by atoms with E-state index in [-0.39, 0.29) is 10.7 Å². The van der Waals surface area contributed by atoms with Crippen LogP contribution in [0, 0.1) is 11.6 Å². The van der Waals surface area contributed by atoms with Crippen molar-refractivity contribution < 1.29 is 8.78 Å². The molecule has 0 saturated heterocycles. The van der Waals surface area contributed by atoms with Crippen LogP contribution in [0.1, 0.15) is 27.4 Å². The monoisotopic (exact) mass is 308 g/mol. The molecule has 1 aliphatic rings. The van der Waals surface area contributed by atoms with Gasteiger partial charge in [0.15, 0.2) is 0 Å². The van der Waals surface area contributed by atoms with Crippen molar-refractivity contribution in [3.63, 3.8) is 0 Å². The zero-order chi connectivity index (χ0) is 12.7. The van der Waals surface area contributed by atoms with Gasteiger partial charge in [-0.2, -0.15) is 0 Å². The highest BCUT2D eigenvalue weighted by molar-refractivity contribution is 9.09. The molecule has 92 valence electrons. The van der Waals surface area contributed by atoms with Gasteiger partial charge in [0.25, 0.3) is 0 Å². The van der Waals surface area contributed by atoms with E-state index in [4.69, 9.17) is 0 Å². The lowest BCUT2D eigenvalue weighted by atomic mass is 9.74. The molecule has 0 amide bonds. The van der Waals surface area contributed by atoms with E-state index < -0.39 is 11.6 Å². The molecule has 0 aromatic heterocycles. The van der Waals surface area contributed by atoms with Gasteiger partial charge in [0.1, 0.15) is 11.6 Å². The van der Waals surface area contributed by atoms with Crippen molar-refractivity contribution in [1.29, 1.82) is 0 Å². The van der Waals surface area contributed by atoms with Gasteiger partial charge in [-0.1, -0.05) is 46.3 Å². The van der Waals surface area contributed by atoms with E-state index >= 15 is 0 Å². The first-order valence-electron chi connectivity index (χ1n) is 5.83. The van der Waals surface area contributed by atoms with E-state index in [2.05, 4.69) is 28.1 Å². The standard InChI is InChI=1S/C15H11BrF2/c16-15(12-6-5-10(17)8-14(12)18)13-7-9-3-1-2-4-11(9)13/h1-6,8,13,15H,7H2. The average Bonchev–Trinajstić information content (AvgIpc) is 2.30. The minimum Gasteiger partial charge on any atom is -0.207 e. The molecule has 0 N–H and O–H groups in total. The number of rotatable bonds is 2. The molecular weight excluding hydrogens is 298 g/mol. The lowest BCUT2D eigenvalue weighted by molar-refractivity contribution is 0.543. The summed E-state index contributed by atoms with van der Waals surface area (Å²) in [6.45, 7) is 0. The summed E-state index contributed by atoms with van der Waals surface area (Å²) in [6, 6.07) is 11.9. The van der Waals surface area contributed by atoms with Gasteiger partial charge in [-0.3, -0.25) is 0 Å². The highest BCUT2D eigenvalue weighted by Gasteiger charge is 2.33. The van der Waals surface area contributed by atoms with Crippen LogP contribution >= 0.6 is 15.9 Å². The molecule has 1 aliphatic carbocycles. The van der Waals surface area contributed by atoms with Crippen LogP contribution in [0.15, 0.2) is 42.5 Å². The SMILES string of the molecule is Fc1ccc(C(Br)C2Cc3ccccc32)c(F)c1. The van der Waals surface area contributed by atoms with E-state index in [1.165, 1.54) is 23.3 Å². The molecule has 0 aliphatic heterocycles. The smallest absolute Gasteiger partial charge is 0.130 e. The van der Waals surface area contributed by atoms with Gasteiger partial charge in [-0.25, -0.2) is 8.78 Å². The predicted octanol–water partition coefficient (Wildman–Crippen LogP) is 4.74.